The third-order valence-electron chi connectivity index (χ3n) is 4.64. The number of hydrogen-bond donors (Lipinski definition) is 1. The number of fused-ring (bicyclic) bond motifs is 1. The van der Waals surface area contributed by atoms with Crippen molar-refractivity contribution in [2.45, 2.75) is 32.8 Å². The van der Waals surface area contributed by atoms with Gasteiger partial charge < -0.3 is 10.5 Å². The molecule has 2 N–H and O–H groups in total. The fraction of sp³-hybridized carbons (Fsp3) is 0.200. The Bertz CT molecular complexity index is 1250. The first-order valence-electron chi connectivity index (χ1n) is 10.1. The fourth-order valence-electron chi connectivity index (χ4n) is 3.31. The maximum Gasteiger partial charge on any atom is 0.338 e. The molecule has 0 bridgehead atoms. The van der Waals surface area contributed by atoms with Crippen LogP contribution in [0.5, 0.6) is 0 Å². The van der Waals surface area contributed by atoms with Crippen molar-refractivity contribution < 1.29 is 9.53 Å². The first-order chi connectivity index (χ1) is 14.8. The smallest absolute Gasteiger partial charge is 0.338 e. The summed E-state index contributed by atoms with van der Waals surface area (Å²) in [7, 11) is 0. The average Bonchev–Trinajstić information content (AvgIpc) is 2.73. The number of pyridine rings is 1. The van der Waals surface area contributed by atoms with Crippen molar-refractivity contribution in [1.29, 1.82) is 0 Å². The second-order valence-corrected chi connectivity index (χ2v) is 8.34. The molecule has 2 aromatic carbocycles. The second kappa shape index (κ2) is 8.14. The SMILES string of the molecule is CC(C)(C)OC(=O)c1cccc(-c2ccc3nc(N)nc(Cc4ccccc4)c3n2)c1. The molecule has 4 rings (SSSR count). The van der Waals surface area contributed by atoms with Gasteiger partial charge in [0.15, 0.2) is 0 Å². The highest BCUT2D eigenvalue weighted by Gasteiger charge is 2.18. The number of rotatable bonds is 4. The number of aromatic nitrogens is 3. The van der Waals surface area contributed by atoms with Crippen LogP contribution in [0.15, 0.2) is 66.7 Å². The molecule has 0 radical (unpaired) electrons. The Morgan fingerprint density at radius 3 is 2.45 bits per heavy atom. The summed E-state index contributed by atoms with van der Waals surface area (Å²) in [5.41, 5.74) is 10.6. The maximum absolute atomic E-state index is 12.5. The minimum atomic E-state index is -0.558. The number of carbonyl (C=O) groups excluding carboxylic acids is 1. The molecule has 4 aromatic rings. The Kier molecular flexibility index (Phi) is 5.38. The first-order valence-corrected chi connectivity index (χ1v) is 10.1. The monoisotopic (exact) mass is 412 g/mol. The van der Waals surface area contributed by atoms with Gasteiger partial charge >= 0.3 is 5.97 Å². The Labute approximate surface area is 181 Å². The molecule has 0 spiro atoms. The van der Waals surface area contributed by atoms with Gasteiger partial charge in [0.2, 0.25) is 5.95 Å². The lowest BCUT2D eigenvalue weighted by Crippen LogP contribution is -2.23. The van der Waals surface area contributed by atoms with Gasteiger partial charge in [-0.15, -0.1) is 0 Å². The van der Waals surface area contributed by atoms with Crippen molar-refractivity contribution in [2.75, 3.05) is 5.73 Å². The maximum atomic E-state index is 12.5. The molecule has 0 amide bonds. The molecule has 6 heteroatoms. The van der Waals surface area contributed by atoms with E-state index >= 15 is 0 Å². The van der Waals surface area contributed by atoms with Gasteiger partial charge in [-0.3, -0.25) is 0 Å². The van der Waals surface area contributed by atoms with Crippen molar-refractivity contribution in [3.05, 3.63) is 83.6 Å². The van der Waals surface area contributed by atoms with Gasteiger partial charge in [0.25, 0.3) is 0 Å². The van der Waals surface area contributed by atoms with Crippen LogP contribution in [-0.4, -0.2) is 26.5 Å². The number of anilines is 1. The molecule has 156 valence electrons. The van der Waals surface area contributed by atoms with Gasteiger partial charge in [0.05, 0.1) is 22.5 Å². The third-order valence-corrected chi connectivity index (χ3v) is 4.64. The Morgan fingerprint density at radius 2 is 1.71 bits per heavy atom. The number of nitrogen functional groups attached to an aromatic ring is 1. The summed E-state index contributed by atoms with van der Waals surface area (Å²) in [5.74, 6) is -0.143. The molecular weight excluding hydrogens is 388 g/mol. The van der Waals surface area contributed by atoms with Crippen molar-refractivity contribution in [1.82, 2.24) is 15.0 Å². The summed E-state index contributed by atoms with van der Waals surface area (Å²) in [4.78, 5) is 26.1. The van der Waals surface area contributed by atoms with E-state index in [-0.39, 0.29) is 11.9 Å². The van der Waals surface area contributed by atoms with Crippen LogP contribution in [0.3, 0.4) is 0 Å². The number of nitrogens with zero attached hydrogens (tertiary/aromatic N) is 3. The van der Waals surface area contributed by atoms with Crippen LogP contribution in [0.4, 0.5) is 5.95 Å². The topological polar surface area (TPSA) is 91.0 Å². The van der Waals surface area contributed by atoms with Crippen LogP contribution in [0.1, 0.15) is 42.4 Å². The van der Waals surface area contributed by atoms with Gasteiger partial charge in [-0.05, 0) is 50.6 Å². The number of carbonyl (C=O) groups is 1. The van der Waals surface area contributed by atoms with Gasteiger partial charge in [-0.25, -0.2) is 19.7 Å². The van der Waals surface area contributed by atoms with E-state index in [0.29, 0.717) is 23.0 Å². The summed E-state index contributed by atoms with van der Waals surface area (Å²) in [6.45, 7) is 5.54. The number of hydrogen-bond acceptors (Lipinski definition) is 6. The molecule has 31 heavy (non-hydrogen) atoms. The third kappa shape index (κ3) is 4.86. The van der Waals surface area contributed by atoms with Gasteiger partial charge in [0.1, 0.15) is 11.1 Å². The Hall–Kier alpha value is -3.80. The minimum absolute atomic E-state index is 0.222. The predicted octanol–water partition coefficient (Wildman–Crippen LogP) is 4.82. The van der Waals surface area contributed by atoms with Crippen LogP contribution in [0.2, 0.25) is 0 Å². The molecule has 2 heterocycles. The van der Waals surface area contributed by atoms with Crippen LogP contribution in [-0.2, 0) is 11.2 Å². The zero-order chi connectivity index (χ0) is 22.0. The standard InChI is InChI=1S/C25H24N4O2/c1-25(2,3)31-23(30)18-11-7-10-17(15-18)19-12-13-20-22(27-19)21(29-24(26)28-20)14-16-8-5-4-6-9-16/h4-13,15H,14H2,1-3H3,(H2,26,28,29). The van der Waals surface area contributed by atoms with E-state index in [1.54, 1.807) is 12.1 Å². The van der Waals surface area contributed by atoms with E-state index in [1.807, 2.05) is 75.4 Å². The highest BCUT2D eigenvalue weighted by Crippen LogP contribution is 2.25. The summed E-state index contributed by atoms with van der Waals surface area (Å²) in [6, 6.07) is 21.1. The van der Waals surface area contributed by atoms with E-state index in [1.165, 1.54) is 0 Å². The van der Waals surface area contributed by atoms with Crippen molar-refractivity contribution in [2.24, 2.45) is 0 Å². The summed E-state index contributed by atoms with van der Waals surface area (Å²) >= 11 is 0. The largest absolute Gasteiger partial charge is 0.456 e. The summed E-state index contributed by atoms with van der Waals surface area (Å²) in [5, 5.41) is 0. The number of benzene rings is 2. The molecule has 0 saturated carbocycles. The van der Waals surface area contributed by atoms with Crippen molar-refractivity contribution >= 4 is 23.0 Å². The molecule has 0 fully saturated rings. The molecule has 0 aliphatic heterocycles. The Balaban J connectivity index is 1.74. The highest BCUT2D eigenvalue weighted by atomic mass is 16.6. The zero-order valence-corrected chi connectivity index (χ0v) is 17.8. The fourth-order valence-corrected chi connectivity index (χ4v) is 3.31. The molecule has 0 aliphatic carbocycles. The molecule has 0 saturated heterocycles. The van der Waals surface area contributed by atoms with E-state index in [0.717, 1.165) is 22.5 Å². The Morgan fingerprint density at radius 1 is 0.935 bits per heavy atom. The van der Waals surface area contributed by atoms with Gasteiger partial charge in [-0.2, -0.15) is 0 Å². The average molecular weight is 412 g/mol. The van der Waals surface area contributed by atoms with Crippen molar-refractivity contribution in [3.8, 4) is 11.3 Å². The highest BCUT2D eigenvalue weighted by molar-refractivity contribution is 5.91. The lowest BCUT2D eigenvalue weighted by molar-refractivity contribution is 0.00696. The number of ether oxygens (including phenoxy) is 1. The van der Waals surface area contributed by atoms with E-state index in [4.69, 9.17) is 15.5 Å². The van der Waals surface area contributed by atoms with Crippen LogP contribution < -0.4 is 5.73 Å². The van der Waals surface area contributed by atoms with Crippen LogP contribution >= 0.6 is 0 Å². The molecule has 6 nitrogen and oxygen atoms in total. The zero-order valence-electron chi connectivity index (χ0n) is 17.8. The lowest BCUT2D eigenvalue weighted by Gasteiger charge is -2.19. The van der Waals surface area contributed by atoms with E-state index in [2.05, 4.69) is 9.97 Å². The van der Waals surface area contributed by atoms with Crippen LogP contribution in [0, 0.1) is 0 Å². The molecular formula is C25H24N4O2. The summed E-state index contributed by atoms with van der Waals surface area (Å²) < 4.78 is 5.49. The number of nitrogens with two attached hydrogens (primary N) is 1. The lowest BCUT2D eigenvalue weighted by atomic mass is 10.1. The van der Waals surface area contributed by atoms with Gasteiger partial charge in [-0.1, -0.05) is 42.5 Å². The second-order valence-electron chi connectivity index (χ2n) is 8.34. The molecule has 0 unspecified atom stereocenters. The summed E-state index contributed by atoms with van der Waals surface area (Å²) in [6.07, 6.45) is 0.596. The quantitative estimate of drug-likeness (QED) is 0.483. The molecule has 0 aliphatic rings. The molecule has 2 aromatic heterocycles. The van der Waals surface area contributed by atoms with Gasteiger partial charge in [0, 0.05) is 12.0 Å². The van der Waals surface area contributed by atoms with Crippen molar-refractivity contribution in [3.63, 3.8) is 0 Å². The molecule has 0 atom stereocenters. The van der Waals surface area contributed by atoms with Crippen LogP contribution in [0.25, 0.3) is 22.3 Å². The minimum Gasteiger partial charge on any atom is -0.456 e. The normalized spacial score (nSPS) is 11.5. The number of esters is 1. The first kappa shape index (κ1) is 20.5. The predicted molar refractivity (Wildman–Crippen MR) is 122 cm³/mol. The van der Waals surface area contributed by atoms with E-state index in [9.17, 15) is 4.79 Å². The van der Waals surface area contributed by atoms with E-state index < -0.39 is 5.60 Å².